The molecule has 0 bridgehead atoms. The third-order valence-corrected chi connectivity index (χ3v) is 5.93. The van der Waals surface area contributed by atoms with Crippen LogP contribution in [0.25, 0.3) is 16.9 Å². The maximum atomic E-state index is 13.1. The molecule has 0 aliphatic carbocycles. The minimum Gasteiger partial charge on any atom is -0.368 e. The average molecular weight is 427 g/mol. The highest BCUT2D eigenvalue weighted by molar-refractivity contribution is 5.92. The van der Waals surface area contributed by atoms with Gasteiger partial charge < -0.3 is 18.9 Å². The van der Waals surface area contributed by atoms with Crippen LogP contribution in [-0.2, 0) is 7.05 Å². The average Bonchev–Trinajstić information content (AvgIpc) is 3.45. The first kappa shape index (κ1) is 20.1. The molecule has 1 aliphatic rings. The van der Waals surface area contributed by atoms with Gasteiger partial charge in [-0.2, -0.15) is 0 Å². The molecule has 0 atom stereocenters. The molecule has 0 N–H and O–H groups in total. The summed E-state index contributed by atoms with van der Waals surface area (Å²) in [6.07, 6.45) is 5.76. The predicted octanol–water partition coefficient (Wildman–Crippen LogP) is 3.54. The van der Waals surface area contributed by atoms with Crippen LogP contribution in [-0.4, -0.2) is 56.1 Å². The van der Waals surface area contributed by atoms with Crippen LogP contribution >= 0.6 is 0 Å². The van der Waals surface area contributed by atoms with Gasteiger partial charge in [0.2, 0.25) is 0 Å². The fraction of sp³-hybridized carbons (Fsp3) is 0.240. The summed E-state index contributed by atoms with van der Waals surface area (Å²) in [6, 6.07) is 18.4. The first-order valence-corrected chi connectivity index (χ1v) is 10.8. The Labute approximate surface area is 187 Å². The van der Waals surface area contributed by atoms with Gasteiger partial charge in [0, 0.05) is 62.6 Å². The molecule has 4 aromatic rings. The van der Waals surface area contributed by atoms with E-state index in [2.05, 4.69) is 39.1 Å². The van der Waals surface area contributed by atoms with Crippen molar-refractivity contribution in [2.24, 2.45) is 7.05 Å². The second kappa shape index (κ2) is 8.34. The summed E-state index contributed by atoms with van der Waals surface area (Å²) in [5.41, 5.74) is 5.09. The van der Waals surface area contributed by atoms with Crippen molar-refractivity contribution >= 4 is 11.6 Å². The number of imidazole rings is 2. The Morgan fingerprint density at radius 3 is 2.22 bits per heavy atom. The van der Waals surface area contributed by atoms with Crippen molar-refractivity contribution in [3.63, 3.8) is 0 Å². The van der Waals surface area contributed by atoms with Crippen LogP contribution in [0.2, 0.25) is 0 Å². The molecule has 32 heavy (non-hydrogen) atoms. The molecule has 2 aromatic carbocycles. The van der Waals surface area contributed by atoms with Gasteiger partial charge in [-0.3, -0.25) is 4.79 Å². The Morgan fingerprint density at radius 1 is 0.875 bits per heavy atom. The van der Waals surface area contributed by atoms with Gasteiger partial charge in [-0.25, -0.2) is 9.97 Å². The summed E-state index contributed by atoms with van der Waals surface area (Å²) in [6.45, 7) is 4.93. The van der Waals surface area contributed by atoms with Crippen LogP contribution in [0, 0.1) is 6.92 Å². The Kier molecular flexibility index (Phi) is 5.23. The topological polar surface area (TPSA) is 59.2 Å². The smallest absolute Gasteiger partial charge is 0.289 e. The van der Waals surface area contributed by atoms with E-state index < -0.39 is 0 Å². The largest absolute Gasteiger partial charge is 0.368 e. The van der Waals surface area contributed by atoms with Gasteiger partial charge in [0.05, 0.1) is 17.7 Å². The molecule has 5 rings (SSSR count). The zero-order valence-electron chi connectivity index (χ0n) is 18.3. The van der Waals surface area contributed by atoms with Crippen LogP contribution in [0.5, 0.6) is 0 Å². The number of carbonyl (C=O) groups is 1. The molecule has 162 valence electrons. The highest BCUT2D eigenvalue weighted by atomic mass is 16.2. The van der Waals surface area contributed by atoms with Gasteiger partial charge in [-0.05, 0) is 31.2 Å². The lowest BCUT2D eigenvalue weighted by molar-refractivity contribution is 0.0731. The van der Waals surface area contributed by atoms with E-state index >= 15 is 0 Å². The molecule has 7 nitrogen and oxygen atoms in total. The minimum atomic E-state index is -0.0137. The number of nitrogens with zero attached hydrogens (tertiary/aromatic N) is 6. The van der Waals surface area contributed by atoms with Crippen molar-refractivity contribution in [1.29, 1.82) is 0 Å². The molecule has 1 amide bonds. The molecular formula is C25H26N6O. The monoisotopic (exact) mass is 426 g/mol. The Morgan fingerprint density at radius 2 is 1.56 bits per heavy atom. The number of hydrogen-bond acceptors (Lipinski definition) is 4. The van der Waals surface area contributed by atoms with Gasteiger partial charge >= 0.3 is 0 Å². The van der Waals surface area contributed by atoms with Gasteiger partial charge in [-0.1, -0.05) is 30.3 Å². The van der Waals surface area contributed by atoms with Crippen LogP contribution in [0.15, 0.2) is 73.3 Å². The van der Waals surface area contributed by atoms with Crippen molar-refractivity contribution in [2.45, 2.75) is 6.92 Å². The second-order valence-electron chi connectivity index (χ2n) is 8.14. The number of anilines is 1. The standard InChI is InChI=1S/C25H26N6O/c1-19-16-31(18-26-19)22-10-8-21(9-11-22)29-12-14-30(15-13-29)25(32)24-27-23(17-28(24)2)20-6-4-3-5-7-20/h3-11,16-18H,12-15H2,1-2H3. The Balaban J connectivity index is 1.24. The summed E-state index contributed by atoms with van der Waals surface area (Å²) in [5.74, 6) is 0.470. The highest BCUT2D eigenvalue weighted by Gasteiger charge is 2.25. The molecular weight excluding hydrogens is 400 g/mol. The molecule has 0 saturated carbocycles. The fourth-order valence-corrected chi connectivity index (χ4v) is 4.12. The minimum absolute atomic E-state index is 0.0137. The van der Waals surface area contributed by atoms with Crippen molar-refractivity contribution in [2.75, 3.05) is 31.1 Å². The molecule has 1 saturated heterocycles. The number of carbonyl (C=O) groups excluding carboxylic acids is 1. The van der Waals surface area contributed by atoms with Gasteiger partial charge in [0.25, 0.3) is 5.91 Å². The number of aryl methyl sites for hydroxylation is 2. The Bertz CT molecular complexity index is 1220. The van der Waals surface area contributed by atoms with Crippen LogP contribution in [0.3, 0.4) is 0 Å². The maximum absolute atomic E-state index is 13.1. The molecule has 1 aliphatic heterocycles. The molecule has 0 radical (unpaired) electrons. The van der Waals surface area contributed by atoms with Crippen LogP contribution < -0.4 is 4.90 Å². The van der Waals surface area contributed by atoms with Crippen molar-refractivity contribution in [3.05, 3.63) is 84.8 Å². The number of hydrogen-bond donors (Lipinski definition) is 0. The quantitative estimate of drug-likeness (QED) is 0.501. The SMILES string of the molecule is Cc1cn(-c2ccc(N3CCN(C(=O)c4nc(-c5ccccc5)cn4C)CC3)cc2)cn1. The zero-order valence-corrected chi connectivity index (χ0v) is 18.3. The molecule has 0 unspecified atom stereocenters. The van der Waals surface area contributed by atoms with Gasteiger partial charge in [0.1, 0.15) is 0 Å². The summed E-state index contributed by atoms with van der Waals surface area (Å²) >= 11 is 0. The Hall–Kier alpha value is -3.87. The van der Waals surface area contributed by atoms with Crippen LogP contribution in [0.1, 0.15) is 16.3 Å². The first-order chi connectivity index (χ1) is 15.6. The summed E-state index contributed by atoms with van der Waals surface area (Å²) in [4.78, 5) is 26.3. The number of aromatic nitrogens is 4. The summed E-state index contributed by atoms with van der Waals surface area (Å²) in [7, 11) is 1.88. The number of piperazine rings is 1. The summed E-state index contributed by atoms with van der Waals surface area (Å²) in [5, 5.41) is 0. The highest BCUT2D eigenvalue weighted by Crippen LogP contribution is 2.21. The van der Waals surface area contributed by atoms with E-state index in [-0.39, 0.29) is 5.91 Å². The van der Waals surface area contributed by atoms with E-state index in [9.17, 15) is 4.79 Å². The third kappa shape index (κ3) is 3.89. The van der Waals surface area contributed by atoms with Gasteiger partial charge in [0.15, 0.2) is 5.82 Å². The van der Waals surface area contributed by atoms with E-state index in [0.717, 1.165) is 35.7 Å². The van der Waals surface area contributed by atoms with Crippen LogP contribution in [0.4, 0.5) is 5.69 Å². The van der Waals surface area contributed by atoms with E-state index in [0.29, 0.717) is 18.9 Å². The molecule has 2 aromatic heterocycles. The van der Waals surface area contributed by atoms with E-state index in [1.165, 1.54) is 5.69 Å². The second-order valence-corrected chi connectivity index (χ2v) is 8.14. The number of benzene rings is 2. The van der Waals surface area contributed by atoms with E-state index in [4.69, 9.17) is 0 Å². The zero-order chi connectivity index (χ0) is 22.1. The molecule has 1 fully saturated rings. The molecule has 3 heterocycles. The molecule has 7 heteroatoms. The lowest BCUT2D eigenvalue weighted by Gasteiger charge is -2.36. The lowest BCUT2D eigenvalue weighted by Crippen LogP contribution is -2.49. The van der Waals surface area contributed by atoms with Crippen molar-refractivity contribution < 1.29 is 4.79 Å². The van der Waals surface area contributed by atoms with Crippen molar-refractivity contribution in [3.8, 4) is 16.9 Å². The van der Waals surface area contributed by atoms with Gasteiger partial charge in [-0.15, -0.1) is 0 Å². The normalized spacial score (nSPS) is 14.1. The molecule has 0 spiro atoms. The fourth-order valence-electron chi connectivity index (χ4n) is 4.12. The number of rotatable bonds is 4. The first-order valence-electron chi connectivity index (χ1n) is 10.8. The lowest BCUT2D eigenvalue weighted by atomic mass is 10.2. The van der Waals surface area contributed by atoms with Crippen molar-refractivity contribution in [1.82, 2.24) is 24.0 Å². The van der Waals surface area contributed by atoms with E-state index in [1.54, 1.807) is 0 Å². The number of amides is 1. The summed E-state index contributed by atoms with van der Waals surface area (Å²) < 4.78 is 3.85. The van der Waals surface area contributed by atoms with E-state index in [1.807, 2.05) is 77.1 Å². The maximum Gasteiger partial charge on any atom is 0.289 e. The predicted molar refractivity (Wildman–Crippen MR) is 125 cm³/mol. The third-order valence-electron chi connectivity index (χ3n) is 5.93.